The molecular weight excluding hydrogens is 527 g/mol. The van der Waals surface area contributed by atoms with E-state index in [1.54, 1.807) is 0 Å². The van der Waals surface area contributed by atoms with Gasteiger partial charge in [0, 0.05) is 43.2 Å². The van der Waals surface area contributed by atoms with Crippen LogP contribution in [0.4, 0.5) is 24.7 Å². The highest BCUT2D eigenvalue weighted by Gasteiger charge is 2.79. The van der Waals surface area contributed by atoms with Crippen molar-refractivity contribution in [2.75, 3.05) is 30.4 Å². The number of piperidine rings is 1. The second kappa shape index (κ2) is 8.57. The number of rotatable bonds is 4. The van der Waals surface area contributed by atoms with E-state index in [0.29, 0.717) is 18.1 Å². The summed E-state index contributed by atoms with van der Waals surface area (Å²) in [5.41, 5.74) is 2.08. The number of anilines is 2. The Morgan fingerprint density at radius 2 is 1.77 bits per heavy atom. The van der Waals surface area contributed by atoms with Gasteiger partial charge in [0.05, 0.1) is 29.0 Å². The van der Waals surface area contributed by atoms with Crippen LogP contribution >= 0.6 is 11.6 Å². The maximum Gasteiger partial charge on any atom is 0.394 e. The van der Waals surface area contributed by atoms with E-state index in [4.69, 9.17) is 16.6 Å². The zero-order valence-electron chi connectivity index (χ0n) is 22.0. The van der Waals surface area contributed by atoms with Crippen molar-refractivity contribution in [2.45, 2.75) is 69.8 Å². The number of nitrogens with zero attached hydrogens (tertiary/aromatic N) is 6. The van der Waals surface area contributed by atoms with Crippen molar-refractivity contribution >= 4 is 23.1 Å². The average molecular weight is 558 g/mol. The maximum atomic E-state index is 13.6. The third kappa shape index (κ3) is 3.78. The van der Waals surface area contributed by atoms with E-state index in [0.717, 1.165) is 66.0 Å². The molecular formula is C28H31ClF3N7. The summed E-state index contributed by atoms with van der Waals surface area (Å²) in [6, 6.07) is 9.94. The molecule has 1 N–H and O–H groups in total. The van der Waals surface area contributed by atoms with E-state index in [1.165, 1.54) is 0 Å². The number of halogens is 4. The largest absolute Gasteiger partial charge is 0.394 e. The SMILES string of the molecule is CNc1ccc(N2CCC(c3nnc4n3-c3ccc(Cl)cc3CN(C35CC(C(F)(F)F)(C3)C5)C4)CC2)nc1C. The maximum absolute atomic E-state index is 13.6. The Kier molecular flexibility index (Phi) is 5.53. The lowest BCUT2D eigenvalue weighted by molar-refractivity contribution is -0.364. The van der Waals surface area contributed by atoms with Crippen molar-refractivity contribution < 1.29 is 13.2 Å². The summed E-state index contributed by atoms with van der Waals surface area (Å²) in [4.78, 5) is 9.30. The molecule has 0 spiro atoms. The highest BCUT2D eigenvalue weighted by Crippen LogP contribution is 2.75. The molecule has 206 valence electrons. The molecule has 4 heterocycles. The van der Waals surface area contributed by atoms with E-state index in [1.807, 2.05) is 32.2 Å². The first-order valence-corrected chi connectivity index (χ1v) is 13.9. The van der Waals surface area contributed by atoms with Gasteiger partial charge in [-0.3, -0.25) is 9.47 Å². The minimum atomic E-state index is -4.13. The molecule has 3 aromatic rings. The molecule has 3 aliphatic carbocycles. The fourth-order valence-electron chi connectivity index (χ4n) is 7.35. The molecule has 4 fully saturated rings. The van der Waals surface area contributed by atoms with Crippen LogP contribution in [0.2, 0.25) is 5.02 Å². The van der Waals surface area contributed by atoms with Gasteiger partial charge in [-0.2, -0.15) is 13.2 Å². The molecule has 1 aromatic carbocycles. The number of pyridine rings is 1. The van der Waals surface area contributed by atoms with Crippen molar-refractivity contribution in [2.24, 2.45) is 5.41 Å². The lowest BCUT2D eigenvalue weighted by atomic mass is 9.38. The predicted octanol–water partition coefficient (Wildman–Crippen LogP) is 5.85. The number of nitrogens with one attached hydrogen (secondary N) is 1. The van der Waals surface area contributed by atoms with Crippen molar-refractivity contribution in [3.05, 3.63) is 58.3 Å². The first-order chi connectivity index (χ1) is 18.6. The van der Waals surface area contributed by atoms with Gasteiger partial charge in [0.15, 0.2) is 5.82 Å². The van der Waals surface area contributed by atoms with E-state index in [-0.39, 0.29) is 25.2 Å². The second-order valence-electron chi connectivity index (χ2n) is 11.8. The third-order valence-corrected chi connectivity index (χ3v) is 9.77. The van der Waals surface area contributed by atoms with Crippen LogP contribution in [0.1, 0.15) is 60.9 Å². The average Bonchev–Trinajstić information content (AvgIpc) is 3.18. The van der Waals surface area contributed by atoms with Gasteiger partial charge < -0.3 is 10.2 Å². The second-order valence-corrected chi connectivity index (χ2v) is 12.2. The van der Waals surface area contributed by atoms with Crippen molar-refractivity contribution in [3.63, 3.8) is 0 Å². The Balaban J connectivity index is 1.15. The first-order valence-electron chi connectivity index (χ1n) is 13.6. The number of fused-ring (bicyclic) bond motifs is 3. The lowest BCUT2D eigenvalue weighted by Gasteiger charge is -2.73. The summed E-state index contributed by atoms with van der Waals surface area (Å²) in [5.74, 6) is 2.92. The van der Waals surface area contributed by atoms with Crippen LogP contribution in [0.5, 0.6) is 0 Å². The Bertz CT molecular complexity index is 1420. The first kappa shape index (κ1) is 25.1. The monoisotopic (exact) mass is 557 g/mol. The standard InChI is InChI=1S/C28H31ClF3N7/c1-17-21(33-2)4-6-23(34-17)37-9-7-18(8-10-37)25-36-35-24-13-38(27-14-26(15-27,16-27)28(30,31)32)12-19-11-20(29)3-5-22(19)39(24)25/h3-6,11,18,33H,7-10,12-16H2,1-2H3. The van der Waals surface area contributed by atoms with Gasteiger partial charge >= 0.3 is 6.18 Å². The highest BCUT2D eigenvalue weighted by atomic mass is 35.5. The fraction of sp³-hybridized carbons (Fsp3) is 0.536. The topological polar surface area (TPSA) is 62.1 Å². The van der Waals surface area contributed by atoms with Gasteiger partial charge in [0.25, 0.3) is 0 Å². The molecule has 2 bridgehead atoms. The molecule has 3 saturated carbocycles. The van der Waals surface area contributed by atoms with E-state index in [2.05, 4.69) is 42.0 Å². The molecule has 5 aliphatic rings. The Hall–Kier alpha value is -2.85. The molecule has 1 saturated heterocycles. The summed E-state index contributed by atoms with van der Waals surface area (Å²) in [6.45, 7) is 4.77. The van der Waals surface area contributed by atoms with E-state index in [9.17, 15) is 13.2 Å². The van der Waals surface area contributed by atoms with Gasteiger partial charge in [-0.05, 0) is 74.9 Å². The van der Waals surface area contributed by atoms with Crippen LogP contribution in [-0.4, -0.2) is 56.5 Å². The Morgan fingerprint density at radius 3 is 2.44 bits per heavy atom. The molecule has 11 heteroatoms. The smallest absolute Gasteiger partial charge is 0.387 e. The third-order valence-electron chi connectivity index (χ3n) is 9.53. The van der Waals surface area contributed by atoms with Crippen LogP contribution in [0, 0.1) is 12.3 Å². The van der Waals surface area contributed by atoms with Gasteiger partial charge in [0.2, 0.25) is 0 Å². The van der Waals surface area contributed by atoms with Crippen molar-refractivity contribution in [3.8, 4) is 5.69 Å². The van der Waals surface area contributed by atoms with Crippen LogP contribution in [0.15, 0.2) is 30.3 Å². The summed E-state index contributed by atoms with van der Waals surface area (Å²) < 4.78 is 42.9. The van der Waals surface area contributed by atoms with Crippen molar-refractivity contribution in [1.82, 2.24) is 24.6 Å². The summed E-state index contributed by atoms with van der Waals surface area (Å²) >= 11 is 6.40. The molecule has 0 radical (unpaired) electrons. The molecule has 0 amide bonds. The molecule has 8 rings (SSSR count). The summed E-state index contributed by atoms with van der Waals surface area (Å²) in [5, 5.41) is 13.1. The van der Waals surface area contributed by atoms with Gasteiger partial charge in [-0.1, -0.05) is 11.6 Å². The number of aryl methyl sites for hydroxylation is 1. The molecule has 2 aromatic heterocycles. The quantitative estimate of drug-likeness (QED) is 0.434. The van der Waals surface area contributed by atoms with Gasteiger partial charge in [-0.25, -0.2) is 4.98 Å². The van der Waals surface area contributed by atoms with Crippen LogP contribution in [0.25, 0.3) is 5.69 Å². The molecule has 2 aliphatic heterocycles. The van der Waals surface area contributed by atoms with Gasteiger partial charge in [-0.15, -0.1) is 10.2 Å². The number of hydrogen-bond acceptors (Lipinski definition) is 6. The zero-order chi connectivity index (χ0) is 27.2. The normalized spacial score (nSPS) is 26.8. The van der Waals surface area contributed by atoms with Crippen molar-refractivity contribution in [1.29, 1.82) is 0 Å². The van der Waals surface area contributed by atoms with Crippen LogP contribution in [0.3, 0.4) is 0 Å². The van der Waals surface area contributed by atoms with E-state index >= 15 is 0 Å². The zero-order valence-corrected chi connectivity index (χ0v) is 22.8. The fourth-order valence-corrected chi connectivity index (χ4v) is 7.55. The number of aromatic nitrogens is 4. The molecule has 0 unspecified atom stereocenters. The number of alkyl halides is 3. The minimum absolute atomic E-state index is 0.168. The van der Waals surface area contributed by atoms with Gasteiger partial charge in [0.1, 0.15) is 11.6 Å². The minimum Gasteiger partial charge on any atom is -0.387 e. The van der Waals surface area contributed by atoms with Crippen LogP contribution in [-0.2, 0) is 13.1 Å². The van der Waals surface area contributed by atoms with E-state index < -0.39 is 17.1 Å². The predicted molar refractivity (Wildman–Crippen MR) is 143 cm³/mol. The lowest BCUT2D eigenvalue weighted by Crippen LogP contribution is -2.78. The number of hydrogen-bond donors (Lipinski definition) is 1. The summed E-state index contributed by atoms with van der Waals surface area (Å²) in [6.07, 6.45) is -1.80. The number of benzene rings is 1. The highest BCUT2D eigenvalue weighted by molar-refractivity contribution is 6.30. The molecule has 7 nitrogen and oxygen atoms in total. The summed E-state index contributed by atoms with van der Waals surface area (Å²) in [7, 11) is 1.90. The molecule has 39 heavy (non-hydrogen) atoms. The molecule has 0 atom stereocenters. The van der Waals surface area contributed by atoms with Crippen LogP contribution < -0.4 is 10.2 Å². The Morgan fingerprint density at radius 1 is 1.03 bits per heavy atom. The Labute approximate surface area is 230 Å².